The average Bonchev–Trinajstić information content (AvgIpc) is 3.16. The SMILES string of the molecule is Clc1cc(Cl)c(OC(Cn2ccnc2)c2cccc3ccccc23)c(Cl)c1. The highest BCUT2D eigenvalue weighted by Crippen LogP contribution is 2.39. The molecule has 1 atom stereocenters. The molecule has 0 aliphatic heterocycles. The normalized spacial score (nSPS) is 12.3. The van der Waals surface area contributed by atoms with Gasteiger partial charge in [0.05, 0.1) is 22.9 Å². The minimum absolute atomic E-state index is 0.318. The Bertz CT molecular complexity index is 1050. The van der Waals surface area contributed by atoms with Crippen molar-refractivity contribution in [3.8, 4) is 5.75 Å². The van der Waals surface area contributed by atoms with Crippen molar-refractivity contribution < 1.29 is 4.74 Å². The van der Waals surface area contributed by atoms with E-state index >= 15 is 0 Å². The summed E-state index contributed by atoms with van der Waals surface area (Å²) < 4.78 is 8.29. The second kappa shape index (κ2) is 7.81. The lowest BCUT2D eigenvalue weighted by atomic mass is 10.00. The highest BCUT2D eigenvalue weighted by atomic mass is 35.5. The standard InChI is InChI=1S/C21H15Cl3N2O/c22-15-10-18(23)21(19(24)11-15)27-20(12-26-9-8-25-13-26)17-7-3-5-14-4-1-2-6-16(14)17/h1-11,13,20H,12H2. The summed E-state index contributed by atoms with van der Waals surface area (Å²) in [7, 11) is 0. The molecular formula is C21H15Cl3N2O. The van der Waals surface area contributed by atoms with Gasteiger partial charge in [-0.2, -0.15) is 0 Å². The number of aromatic nitrogens is 2. The van der Waals surface area contributed by atoms with Gasteiger partial charge in [-0.25, -0.2) is 4.98 Å². The quantitative estimate of drug-likeness (QED) is 0.356. The van der Waals surface area contributed by atoms with Gasteiger partial charge in [-0.15, -0.1) is 0 Å². The van der Waals surface area contributed by atoms with E-state index in [0.717, 1.165) is 16.3 Å². The predicted octanol–water partition coefficient (Wildman–Crippen LogP) is 6.82. The molecule has 3 nitrogen and oxygen atoms in total. The fourth-order valence-corrected chi connectivity index (χ4v) is 4.01. The molecule has 0 fully saturated rings. The van der Waals surface area contributed by atoms with Gasteiger partial charge in [0.1, 0.15) is 6.10 Å². The Hall–Kier alpha value is -2.20. The molecule has 0 saturated carbocycles. The Morgan fingerprint density at radius 1 is 0.963 bits per heavy atom. The third kappa shape index (κ3) is 3.91. The van der Waals surface area contributed by atoms with Crippen molar-refractivity contribution in [1.29, 1.82) is 0 Å². The number of hydrogen-bond donors (Lipinski definition) is 0. The summed E-state index contributed by atoms with van der Waals surface area (Å²) in [4.78, 5) is 4.12. The topological polar surface area (TPSA) is 27.1 Å². The molecule has 1 aromatic heterocycles. The molecule has 0 saturated heterocycles. The molecule has 1 heterocycles. The van der Waals surface area contributed by atoms with E-state index in [9.17, 15) is 0 Å². The van der Waals surface area contributed by atoms with Crippen LogP contribution in [-0.2, 0) is 6.54 Å². The van der Waals surface area contributed by atoms with E-state index in [4.69, 9.17) is 39.5 Å². The van der Waals surface area contributed by atoms with Crippen molar-refractivity contribution in [1.82, 2.24) is 9.55 Å². The summed E-state index contributed by atoms with van der Waals surface area (Å²) in [6, 6.07) is 17.6. The summed E-state index contributed by atoms with van der Waals surface area (Å²) in [5, 5.41) is 3.48. The van der Waals surface area contributed by atoms with Crippen LogP contribution in [0.25, 0.3) is 10.8 Å². The van der Waals surface area contributed by atoms with E-state index in [2.05, 4.69) is 29.2 Å². The smallest absolute Gasteiger partial charge is 0.157 e. The molecule has 27 heavy (non-hydrogen) atoms. The van der Waals surface area contributed by atoms with Crippen LogP contribution in [0.1, 0.15) is 11.7 Å². The maximum absolute atomic E-state index is 6.35. The van der Waals surface area contributed by atoms with Crippen LogP contribution < -0.4 is 4.74 Å². The van der Waals surface area contributed by atoms with Gasteiger partial charge in [0.25, 0.3) is 0 Å². The zero-order chi connectivity index (χ0) is 18.8. The number of ether oxygens (including phenoxy) is 1. The summed E-state index contributed by atoms with van der Waals surface area (Å²) in [5.41, 5.74) is 1.05. The van der Waals surface area contributed by atoms with E-state index in [0.29, 0.717) is 27.4 Å². The lowest BCUT2D eigenvalue weighted by Crippen LogP contribution is -2.15. The number of rotatable bonds is 5. The minimum atomic E-state index is -0.318. The van der Waals surface area contributed by atoms with E-state index in [-0.39, 0.29) is 6.10 Å². The third-order valence-electron chi connectivity index (χ3n) is 4.33. The first-order chi connectivity index (χ1) is 13.1. The number of nitrogens with zero attached hydrogens (tertiary/aromatic N) is 2. The average molecular weight is 418 g/mol. The van der Waals surface area contributed by atoms with E-state index in [1.54, 1.807) is 24.7 Å². The number of benzene rings is 3. The minimum Gasteiger partial charge on any atom is -0.481 e. The largest absolute Gasteiger partial charge is 0.481 e. The number of imidazole rings is 1. The lowest BCUT2D eigenvalue weighted by molar-refractivity contribution is 0.185. The lowest BCUT2D eigenvalue weighted by Gasteiger charge is -2.23. The highest BCUT2D eigenvalue weighted by molar-refractivity contribution is 6.40. The molecule has 136 valence electrons. The molecule has 0 spiro atoms. The number of halogens is 3. The first-order valence-corrected chi connectivity index (χ1v) is 9.50. The van der Waals surface area contributed by atoms with Gasteiger partial charge in [-0.1, -0.05) is 77.3 Å². The molecule has 0 aliphatic rings. The fraction of sp³-hybridized carbons (Fsp3) is 0.0952. The summed E-state index contributed by atoms with van der Waals surface area (Å²) in [5.74, 6) is 0.417. The van der Waals surface area contributed by atoms with E-state index in [1.165, 1.54) is 0 Å². The predicted molar refractivity (Wildman–Crippen MR) is 111 cm³/mol. The van der Waals surface area contributed by atoms with E-state index in [1.807, 2.05) is 29.0 Å². The summed E-state index contributed by atoms with van der Waals surface area (Å²) in [6.07, 6.45) is 5.07. The van der Waals surface area contributed by atoms with Crippen LogP contribution in [0.15, 0.2) is 73.3 Å². The Morgan fingerprint density at radius 2 is 1.70 bits per heavy atom. The van der Waals surface area contributed by atoms with Crippen molar-refractivity contribution in [2.75, 3.05) is 0 Å². The molecule has 6 heteroatoms. The number of hydrogen-bond acceptors (Lipinski definition) is 2. The zero-order valence-electron chi connectivity index (χ0n) is 14.1. The van der Waals surface area contributed by atoms with Crippen molar-refractivity contribution >= 4 is 45.6 Å². The molecule has 3 aromatic carbocycles. The summed E-state index contributed by atoms with van der Waals surface area (Å²) >= 11 is 18.7. The molecule has 4 aromatic rings. The van der Waals surface area contributed by atoms with Crippen LogP contribution >= 0.6 is 34.8 Å². The van der Waals surface area contributed by atoms with Gasteiger partial charge in [0.2, 0.25) is 0 Å². The van der Waals surface area contributed by atoms with Crippen molar-refractivity contribution in [3.05, 3.63) is 93.9 Å². The van der Waals surface area contributed by atoms with Gasteiger partial charge >= 0.3 is 0 Å². The Morgan fingerprint density at radius 3 is 2.44 bits per heavy atom. The van der Waals surface area contributed by atoms with Crippen molar-refractivity contribution in [3.63, 3.8) is 0 Å². The fourth-order valence-electron chi connectivity index (χ4n) is 3.10. The van der Waals surface area contributed by atoms with Gasteiger partial charge in [-0.05, 0) is 22.9 Å². The maximum Gasteiger partial charge on any atom is 0.157 e. The second-order valence-electron chi connectivity index (χ2n) is 6.13. The molecule has 0 radical (unpaired) electrons. The molecule has 0 bridgehead atoms. The van der Waals surface area contributed by atoms with Gasteiger partial charge in [0.15, 0.2) is 5.75 Å². The number of fused-ring (bicyclic) bond motifs is 1. The molecular weight excluding hydrogens is 403 g/mol. The van der Waals surface area contributed by atoms with Crippen LogP contribution in [0.5, 0.6) is 5.75 Å². The molecule has 4 rings (SSSR count). The Labute approximate surface area is 172 Å². The van der Waals surface area contributed by atoms with Crippen molar-refractivity contribution in [2.24, 2.45) is 0 Å². The van der Waals surface area contributed by atoms with Crippen LogP contribution in [0.2, 0.25) is 15.1 Å². The third-order valence-corrected chi connectivity index (χ3v) is 5.11. The Kier molecular flexibility index (Phi) is 5.26. The maximum atomic E-state index is 6.35. The highest BCUT2D eigenvalue weighted by Gasteiger charge is 2.20. The molecule has 0 amide bonds. The van der Waals surface area contributed by atoms with E-state index < -0.39 is 0 Å². The summed E-state index contributed by atoms with van der Waals surface area (Å²) in [6.45, 7) is 0.559. The Balaban J connectivity index is 1.80. The van der Waals surface area contributed by atoms with Crippen LogP contribution in [0.4, 0.5) is 0 Å². The first kappa shape index (κ1) is 18.2. The van der Waals surface area contributed by atoms with Crippen LogP contribution in [-0.4, -0.2) is 9.55 Å². The molecule has 0 N–H and O–H groups in total. The molecule has 1 unspecified atom stereocenters. The van der Waals surface area contributed by atoms with Gasteiger partial charge in [0, 0.05) is 23.0 Å². The first-order valence-electron chi connectivity index (χ1n) is 8.36. The second-order valence-corrected chi connectivity index (χ2v) is 7.38. The van der Waals surface area contributed by atoms with Crippen LogP contribution in [0.3, 0.4) is 0 Å². The van der Waals surface area contributed by atoms with Gasteiger partial charge < -0.3 is 9.30 Å². The monoisotopic (exact) mass is 416 g/mol. The van der Waals surface area contributed by atoms with Gasteiger partial charge in [-0.3, -0.25) is 0 Å². The zero-order valence-corrected chi connectivity index (χ0v) is 16.4. The van der Waals surface area contributed by atoms with Crippen LogP contribution in [0, 0.1) is 0 Å². The molecule has 0 aliphatic carbocycles. The van der Waals surface area contributed by atoms with Crippen molar-refractivity contribution in [2.45, 2.75) is 12.6 Å².